The summed E-state index contributed by atoms with van der Waals surface area (Å²) in [6.07, 6.45) is 2.39. The van der Waals surface area contributed by atoms with Crippen LogP contribution in [0.1, 0.15) is 30.6 Å². The summed E-state index contributed by atoms with van der Waals surface area (Å²) in [6, 6.07) is 13.9. The number of rotatable bonds is 4. The van der Waals surface area contributed by atoms with E-state index < -0.39 is 0 Å². The van der Waals surface area contributed by atoms with E-state index in [0.717, 1.165) is 31.8 Å². The van der Waals surface area contributed by atoms with Crippen molar-refractivity contribution in [3.63, 3.8) is 0 Å². The van der Waals surface area contributed by atoms with Gasteiger partial charge in [0.05, 0.1) is 13.2 Å². The van der Waals surface area contributed by atoms with Gasteiger partial charge in [-0.3, -0.25) is 0 Å². The Labute approximate surface area is 156 Å². The summed E-state index contributed by atoms with van der Waals surface area (Å²) in [5.74, 6) is 0.870. The van der Waals surface area contributed by atoms with Crippen LogP contribution in [0, 0.1) is 0 Å². The van der Waals surface area contributed by atoms with Gasteiger partial charge in [0.25, 0.3) is 0 Å². The van der Waals surface area contributed by atoms with Crippen molar-refractivity contribution in [1.29, 1.82) is 0 Å². The second-order valence-corrected chi connectivity index (χ2v) is 7.26. The SMILES string of the molecule is COc1ccc(-c2ccc3c(c2)CC2CCNCCN32)c(C(C)OC)c1. The summed E-state index contributed by atoms with van der Waals surface area (Å²) in [6.45, 7) is 5.38. The topological polar surface area (TPSA) is 33.7 Å². The lowest BCUT2D eigenvalue weighted by molar-refractivity contribution is 0.120. The number of fused-ring (bicyclic) bond motifs is 3. The van der Waals surface area contributed by atoms with Gasteiger partial charge >= 0.3 is 0 Å². The molecule has 4 nitrogen and oxygen atoms in total. The van der Waals surface area contributed by atoms with Crippen molar-refractivity contribution in [1.82, 2.24) is 5.32 Å². The lowest BCUT2D eigenvalue weighted by atomic mass is 9.94. The average Bonchev–Trinajstić information content (AvgIpc) is 2.86. The number of ether oxygens (including phenoxy) is 2. The zero-order valence-electron chi connectivity index (χ0n) is 15.9. The van der Waals surface area contributed by atoms with Gasteiger partial charge in [0.2, 0.25) is 0 Å². The Morgan fingerprint density at radius 2 is 2.00 bits per heavy atom. The van der Waals surface area contributed by atoms with Gasteiger partial charge in [-0.1, -0.05) is 12.1 Å². The molecule has 1 N–H and O–H groups in total. The van der Waals surface area contributed by atoms with Crippen LogP contribution >= 0.6 is 0 Å². The fraction of sp³-hybridized carbons (Fsp3) is 0.455. The Balaban J connectivity index is 1.72. The van der Waals surface area contributed by atoms with E-state index in [1.807, 2.05) is 6.07 Å². The van der Waals surface area contributed by atoms with Crippen molar-refractivity contribution < 1.29 is 9.47 Å². The molecule has 26 heavy (non-hydrogen) atoms. The molecule has 0 radical (unpaired) electrons. The van der Waals surface area contributed by atoms with Gasteiger partial charge in [0.1, 0.15) is 5.75 Å². The van der Waals surface area contributed by atoms with Gasteiger partial charge in [-0.2, -0.15) is 0 Å². The molecule has 0 aromatic heterocycles. The maximum absolute atomic E-state index is 5.61. The van der Waals surface area contributed by atoms with Crippen LogP contribution in [-0.4, -0.2) is 39.9 Å². The highest BCUT2D eigenvalue weighted by Gasteiger charge is 2.30. The summed E-state index contributed by atoms with van der Waals surface area (Å²) in [5, 5.41) is 3.51. The molecule has 0 aliphatic carbocycles. The normalized spacial score (nSPS) is 20.3. The summed E-state index contributed by atoms with van der Waals surface area (Å²) in [7, 11) is 3.46. The van der Waals surface area contributed by atoms with E-state index in [2.05, 4.69) is 47.5 Å². The van der Waals surface area contributed by atoms with Crippen molar-refractivity contribution >= 4 is 5.69 Å². The fourth-order valence-corrected chi connectivity index (χ4v) is 4.31. The molecule has 4 rings (SSSR count). The number of hydrogen-bond acceptors (Lipinski definition) is 4. The molecular weight excluding hydrogens is 324 g/mol. The molecule has 0 bridgehead atoms. The number of anilines is 1. The summed E-state index contributed by atoms with van der Waals surface area (Å²) >= 11 is 0. The van der Waals surface area contributed by atoms with Crippen LogP contribution in [0.2, 0.25) is 0 Å². The minimum atomic E-state index is 0.0225. The summed E-state index contributed by atoms with van der Waals surface area (Å²) in [5.41, 5.74) is 6.55. The zero-order chi connectivity index (χ0) is 18.1. The fourth-order valence-electron chi connectivity index (χ4n) is 4.31. The van der Waals surface area contributed by atoms with Gasteiger partial charge in [0, 0.05) is 31.9 Å². The monoisotopic (exact) mass is 352 g/mol. The Kier molecular flexibility index (Phi) is 4.88. The largest absolute Gasteiger partial charge is 0.497 e. The van der Waals surface area contributed by atoms with Gasteiger partial charge in [-0.25, -0.2) is 0 Å². The first-order valence-electron chi connectivity index (χ1n) is 9.52. The molecule has 0 saturated carbocycles. The van der Waals surface area contributed by atoms with Crippen molar-refractivity contribution in [2.24, 2.45) is 0 Å². The number of methoxy groups -OCH3 is 2. The van der Waals surface area contributed by atoms with Crippen LogP contribution in [0.15, 0.2) is 36.4 Å². The quantitative estimate of drug-likeness (QED) is 0.908. The smallest absolute Gasteiger partial charge is 0.119 e. The minimum absolute atomic E-state index is 0.0225. The number of hydrogen-bond donors (Lipinski definition) is 1. The Hall–Kier alpha value is -2.04. The predicted octanol–water partition coefficient (Wildman–Crippen LogP) is 3.79. The Bertz CT molecular complexity index is 790. The van der Waals surface area contributed by atoms with Crippen LogP contribution in [-0.2, 0) is 11.2 Å². The molecule has 2 aromatic carbocycles. The third kappa shape index (κ3) is 3.08. The van der Waals surface area contributed by atoms with Crippen LogP contribution in [0.3, 0.4) is 0 Å². The molecular formula is C22H28N2O2. The highest BCUT2D eigenvalue weighted by molar-refractivity contribution is 5.74. The lowest BCUT2D eigenvalue weighted by Crippen LogP contribution is -2.32. The molecule has 1 saturated heterocycles. The van der Waals surface area contributed by atoms with E-state index in [4.69, 9.17) is 9.47 Å². The second kappa shape index (κ2) is 7.29. The van der Waals surface area contributed by atoms with E-state index >= 15 is 0 Å². The highest BCUT2D eigenvalue weighted by atomic mass is 16.5. The maximum Gasteiger partial charge on any atom is 0.119 e. The standard InChI is InChI=1S/C22H28N2O2/c1-15(25-2)21-14-19(26-3)5-6-20(21)16-4-7-22-17(12-16)13-18-8-9-23-10-11-24(18)22/h4-7,12,14-15,18,23H,8-11,13H2,1-3H3. The first kappa shape index (κ1) is 17.4. The van der Waals surface area contributed by atoms with Crippen LogP contribution in [0.25, 0.3) is 11.1 Å². The first-order valence-corrected chi connectivity index (χ1v) is 9.52. The molecule has 0 spiro atoms. The minimum Gasteiger partial charge on any atom is -0.497 e. The Morgan fingerprint density at radius 3 is 2.81 bits per heavy atom. The Morgan fingerprint density at radius 1 is 1.12 bits per heavy atom. The summed E-state index contributed by atoms with van der Waals surface area (Å²) < 4.78 is 11.0. The molecule has 2 aliphatic heterocycles. The molecule has 1 fully saturated rings. The van der Waals surface area contributed by atoms with Gasteiger partial charge in [-0.05, 0) is 72.8 Å². The number of benzene rings is 2. The first-order chi connectivity index (χ1) is 12.7. The third-order valence-electron chi connectivity index (χ3n) is 5.83. The van der Waals surface area contributed by atoms with E-state index in [1.54, 1.807) is 14.2 Å². The highest BCUT2D eigenvalue weighted by Crippen LogP contribution is 2.39. The number of nitrogens with one attached hydrogen (secondary N) is 1. The van der Waals surface area contributed by atoms with Crippen molar-refractivity contribution in [3.8, 4) is 16.9 Å². The van der Waals surface area contributed by atoms with Gasteiger partial charge in [-0.15, -0.1) is 0 Å². The van der Waals surface area contributed by atoms with Gasteiger partial charge in [0.15, 0.2) is 0 Å². The van der Waals surface area contributed by atoms with E-state index in [9.17, 15) is 0 Å². The van der Waals surface area contributed by atoms with Crippen molar-refractivity contribution in [3.05, 3.63) is 47.5 Å². The van der Waals surface area contributed by atoms with E-state index in [-0.39, 0.29) is 6.10 Å². The van der Waals surface area contributed by atoms with Crippen molar-refractivity contribution in [2.45, 2.75) is 31.9 Å². The van der Waals surface area contributed by atoms with E-state index in [0.29, 0.717) is 6.04 Å². The van der Waals surface area contributed by atoms with Crippen LogP contribution in [0.5, 0.6) is 5.75 Å². The zero-order valence-corrected chi connectivity index (χ0v) is 15.9. The average molecular weight is 352 g/mol. The molecule has 2 aliphatic rings. The molecule has 2 aromatic rings. The number of nitrogens with zero attached hydrogens (tertiary/aromatic N) is 1. The van der Waals surface area contributed by atoms with Gasteiger partial charge < -0.3 is 19.7 Å². The van der Waals surface area contributed by atoms with Crippen molar-refractivity contribution in [2.75, 3.05) is 38.8 Å². The molecule has 0 amide bonds. The molecule has 138 valence electrons. The lowest BCUT2D eigenvalue weighted by Gasteiger charge is -2.24. The van der Waals surface area contributed by atoms with Crippen LogP contribution in [0.4, 0.5) is 5.69 Å². The second-order valence-electron chi connectivity index (χ2n) is 7.26. The molecule has 2 unspecified atom stereocenters. The third-order valence-corrected chi connectivity index (χ3v) is 5.83. The maximum atomic E-state index is 5.61. The van der Waals surface area contributed by atoms with Crippen LogP contribution < -0.4 is 15.0 Å². The molecule has 4 heteroatoms. The summed E-state index contributed by atoms with van der Waals surface area (Å²) in [4.78, 5) is 2.59. The molecule has 2 atom stereocenters. The van der Waals surface area contributed by atoms with E-state index in [1.165, 1.54) is 34.4 Å². The molecule has 2 heterocycles. The predicted molar refractivity (Wildman–Crippen MR) is 106 cm³/mol.